The molecule has 0 radical (unpaired) electrons. The zero-order valence-corrected chi connectivity index (χ0v) is 8.61. The van der Waals surface area contributed by atoms with Gasteiger partial charge in [-0.2, -0.15) is 0 Å². The number of rotatable bonds is 2. The zero-order chi connectivity index (χ0) is 10.8. The number of aromatic nitrogens is 4. The van der Waals surface area contributed by atoms with Crippen LogP contribution in [0.3, 0.4) is 0 Å². The van der Waals surface area contributed by atoms with Gasteiger partial charge in [-0.1, -0.05) is 29.5 Å². The second kappa shape index (κ2) is 3.73. The number of pyridine rings is 1. The van der Waals surface area contributed by atoms with E-state index in [0.717, 1.165) is 17.9 Å². The molecule has 0 aliphatic heterocycles. The highest BCUT2D eigenvalue weighted by Crippen LogP contribution is 2.21. The van der Waals surface area contributed by atoms with Crippen molar-refractivity contribution >= 4 is 5.57 Å². The third-order valence-corrected chi connectivity index (χ3v) is 2.48. The molecule has 4 heteroatoms. The molecule has 78 valence electrons. The third kappa shape index (κ3) is 1.54. The van der Waals surface area contributed by atoms with Crippen LogP contribution in [0.5, 0.6) is 0 Å². The van der Waals surface area contributed by atoms with Crippen molar-refractivity contribution in [2.75, 3.05) is 0 Å². The standard InChI is InChI=1S/C12H10N4/c1-2-6-10(5-1)11-9-16(15-14-11)12-7-3-4-8-13-12/h1-5,7-9H,6H2. The number of hydrogen-bond acceptors (Lipinski definition) is 3. The van der Waals surface area contributed by atoms with Gasteiger partial charge in [0.05, 0.1) is 6.20 Å². The SMILES string of the molecule is C1=CCC(c2cn(-c3ccccn3)nn2)=C1. The topological polar surface area (TPSA) is 43.6 Å². The van der Waals surface area contributed by atoms with E-state index in [2.05, 4.69) is 27.4 Å². The first-order valence-electron chi connectivity index (χ1n) is 5.13. The molecule has 1 aliphatic rings. The molecule has 1 aliphatic carbocycles. The van der Waals surface area contributed by atoms with Crippen LogP contribution in [0.2, 0.25) is 0 Å². The lowest BCUT2D eigenvalue weighted by atomic mass is 10.2. The van der Waals surface area contributed by atoms with Crippen LogP contribution < -0.4 is 0 Å². The summed E-state index contributed by atoms with van der Waals surface area (Å²) in [6.45, 7) is 0. The molecule has 0 saturated heterocycles. The monoisotopic (exact) mass is 210 g/mol. The molecule has 0 bridgehead atoms. The van der Waals surface area contributed by atoms with Crippen molar-refractivity contribution in [2.45, 2.75) is 6.42 Å². The van der Waals surface area contributed by atoms with Gasteiger partial charge in [-0.15, -0.1) is 5.10 Å². The number of allylic oxidation sites excluding steroid dienone is 4. The third-order valence-electron chi connectivity index (χ3n) is 2.48. The van der Waals surface area contributed by atoms with Gasteiger partial charge in [0.25, 0.3) is 0 Å². The Balaban J connectivity index is 1.94. The number of nitrogens with zero attached hydrogens (tertiary/aromatic N) is 4. The average molecular weight is 210 g/mol. The first kappa shape index (κ1) is 9.03. The molecule has 0 atom stereocenters. The average Bonchev–Trinajstić information content (AvgIpc) is 3.01. The molecule has 2 aromatic rings. The largest absolute Gasteiger partial charge is 0.237 e. The Hall–Kier alpha value is -2.23. The maximum absolute atomic E-state index is 4.21. The summed E-state index contributed by atoms with van der Waals surface area (Å²) in [4.78, 5) is 4.21. The Kier molecular flexibility index (Phi) is 2.11. The zero-order valence-electron chi connectivity index (χ0n) is 8.61. The van der Waals surface area contributed by atoms with E-state index in [-0.39, 0.29) is 0 Å². The Morgan fingerprint density at radius 3 is 3.00 bits per heavy atom. The van der Waals surface area contributed by atoms with Crippen LogP contribution in [0, 0.1) is 0 Å². The van der Waals surface area contributed by atoms with E-state index in [4.69, 9.17) is 0 Å². The molecule has 0 N–H and O–H groups in total. The van der Waals surface area contributed by atoms with Crippen LogP contribution in [-0.4, -0.2) is 20.0 Å². The van der Waals surface area contributed by atoms with E-state index >= 15 is 0 Å². The molecule has 0 fully saturated rings. The lowest BCUT2D eigenvalue weighted by Crippen LogP contribution is -1.96. The van der Waals surface area contributed by atoms with E-state index in [0.29, 0.717) is 0 Å². The first-order valence-corrected chi connectivity index (χ1v) is 5.13. The summed E-state index contributed by atoms with van der Waals surface area (Å²) in [6.07, 6.45) is 10.8. The summed E-state index contributed by atoms with van der Waals surface area (Å²) in [5.74, 6) is 0.785. The molecule has 2 heterocycles. The lowest BCUT2D eigenvalue weighted by molar-refractivity contribution is 0.781. The maximum Gasteiger partial charge on any atom is 0.155 e. The highest BCUT2D eigenvalue weighted by molar-refractivity contribution is 5.67. The van der Waals surface area contributed by atoms with Gasteiger partial charge in [0.15, 0.2) is 5.82 Å². The highest BCUT2D eigenvalue weighted by atomic mass is 15.4. The van der Waals surface area contributed by atoms with Gasteiger partial charge in [-0.3, -0.25) is 0 Å². The van der Waals surface area contributed by atoms with Crippen LogP contribution in [0.1, 0.15) is 12.1 Å². The minimum Gasteiger partial charge on any atom is -0.237 e. The fourth-order valence-electron chi connectivity index (χ4n) is 1.65. The van der Waals surface area contributed by atoms with Crippen LogP contribution in [-0.2, 0) is 0 Å². The van der Waals surface area contributed by atoms with E-state index in [1.54, 1.807) is 10.9 Å². The molecule has 0 aromatic carbocycles. The van der Waals surface area contributed by atoms with Crippen LogP contribution in [0.4, 0.5) is 0 Å². The van der Waals surface area contributed by atoms with Gasteiger partial charge in [0, 0.05) is 6.20 Å². The maximum atomic E-state index is 4.21. The minimum absolute atomic E-state index is 0.785. The fraction of sp³-hybridized carbons (Fsp3) is 0.0833. The molecule has 0 spiro atoms. The molecule has 3 rings (SSSR count). The van der Waals surface area contributed by atoms with E-state index in [9.17, 15) is 0 Å². The normalized spacial score (nSPS) is 14.1. The molecular formula is C12H10N4. The van der Waals surface area contributed by atoms with Gasteiger partial charge in [0.1, 0.15) is 5.69 Å². The summed E-state index contributed by atoms with van der Waals surface area (Å²) < 4.78 is 1.69. The van der Waals surface area contributed by atoms with E-state index < -0.39 is 0 Å². The van der Waals surface area contributed by atoms with Gasteiger partial charge in [0.2, 0.25) is 0 Å². The first-order chi connectivity index (χ1) is 7.93. The lowest BCUT2D eigenvalue weighted by Gasteiger charge is -1.96. The summed E-state index contributed by atoms with van der Waals surface area (Å²) in [5.41, 5.74) is 2.11. The van der Waals surface area contributed by atoms with Crippen LogP contribution in [0.15, 0.2) is 48.8 Å². The molecule has 16 heavy (non-hydrogen) atoms. The number of hydrogen-bond donors (Lipinski definition) is 0. The summed E-state index contributed by atoms with van der Waals surface area (Å²) in [5, 5.41) is 8.21. The summed E-state index contributed by atoms with van der Waals surface area (Å²) >= 11 is 0. The van der Waals surface area contributed by atoms with Gasteiger partial charge in [-0.25, -0.2) is 9.67 Å². The van der Waals surface area contributed by atoms with Gasteiger partial charge in [-0.05, 0) is 24.1 Å². The Labute approximate surface area is 92.9 Å². The molecule has 0 saturated carbocycles. The minimum atomic E-state index is 0.785. The van der Waals surface area contributed by atoms with Crippen LogP contribution in [0.25, 0.3) is 11.4 Å². The predicted octanol–water partition coefficient (Wildman–Crippen LogP) is 2.01. The molecule has 0 unspecified atom stereocenters. The summed E-state index contributed by atoms with van der Waals surface area (Å²) in [7, 11) is 0. The van der Waals surface area contributed by atoms with Crippen molar-refractivity contribution in [1.29, 1.82) is 0 Å². The van der Waals surface area contributed by atoms with Crippen molar-refractivity contribution < 1.29 is 0 Å². The van der Waals surface area contributed by atoms with Crippen molar-refractivity contribution in [2.24, 2.45) is 0 Å². The fourth-order valence-corrected chi connectivity index (χ4v) is 1.65. The Morgan fingerprint density at radius 2 is 2.25 bits per heavy atom. The highest BCUT2D eigenvalue weighted by Gasteiger charge is 2.08. The van der Waals surface area contributed by atoms with Crippen molar-refractivity contribution in [3.63, 3.8) is 0 Å². The van der Waals surface area contributed by atoms with Crippen LogP contribution >= 0.6 is 0 Å². The predicted molar refractivity (Wildman–Crippen MR) is 60.9 cm³/mol. The second-order valence-electron chi connectivity index (χ2n) is 3.56. The molecule has 0 amide bonds. The molecular weight excluding hydrogens is 200 g/mol. The second-order valence-corrected chi connectivity index (χ2v) is 3.56. The molecule has 4 nitrogen and oxygen atoms in total. The van der Waals surface area contributed by atoms with Crippen molar-refractivity contribution in [1.82, 2.24) is 20.0 Å². The Morgan fingerprint density at radius 1 is 1.25 bits per heavy atom. The summed E-state index contributed by atoms with van der Waals surface area (Å²) in [6, 6.07) is 5.71. The molecule has 2 aromatic heterocycles. The van der Waals surface area contributed by atoms with Gasteiger partial charge >= 0.3 is 0 Å². The van der Waals surface area contributed by atoms with Crippen molar-refractivity contribution in [3.8, 4) is 5.82 Å². The van der Waals surface area contributed by atoms with E-state index in [1.165, 1.54) is 5.57 Å². The smallest absolute Gasteiger partial charge is 0.155 e. The van der Waals surface area contributed by atoms with E-state index in [1.807, 2.05) is 30.5 Å². The van der Waals surface area contributed by atoms with Gasteiger partial charge < -0.3 is 0 Å². The van der Waals surface area contributed by atoms with Crippen molar-refractivity contribution in [3.05, 3.63) is 54.5 Å². The quantitative estimate of drug-likeness (QED) is 0.761. The Bertz CT molecular complexity index is 551.